The summed E-state index contributed by atoms with van der Waals surface area (Å²) >= 11 is 0. The predicted molar refractivity (Wildman–Crippen MR) is 92.6 cm³/mol. The molecular weight excluding hydrogens is 319 g/mol. The highest BCUT2D eigenvalue weighted by atomic mass is 19.1. The van der Waals surface area contributed by atoms with Gasteiger partial charge in [-0.05, 0) is 30.2 Å². The summed E-state index contributed by atoms with van der Waals surface area (Å²) in [6, 6.07) is 8.14. The third kappa shape index (κ3) is 2.99. The molecule has 0 unspecified atom stereocenters. The number of hydrogen-bond donors (Lipinski definition) is 0. The number of aromatic nitrogens is 3. The van der Waals surface area contributed by atoms with E-state index in [0.717, 1.165) is 23.3 Å². The number of carbonyl (C=O) groups is 1. The Labute approximate surface area is 145 Å². The van der Waals surface area contributed by atoms with Crippen molar-refractivity contribution in [3.63, 3.8) is 0 Å². The van der Waals surface area contributed by atoms with Crippen molar-refractivity contribution in [2.24, 2.45) is 7.05 Å². The largest absolute Gasteiger partial charge is 0.342 e. The maximum Gasteiger partial charge on any atom is 0.227 e. The van der Waals surface area contributed by atoms with Crippen molar-refractivity contribution in [2.75, 3.05) is 13.1 Å². The van der Waals surface area contributed by atoms with E-state index in [0.29, 0.717) is 18.7 Å². The summed E-state index contributed by atoms with van der Waals surface area (Å²) in [6.45, 7) is 1.36. The van der Waals surface area contributed by atoms with Crippen LogP contribution in [0.3, 0.4) is 0 Å². The molecule has 3 aromatic rings. The number of aryl methyl sites for hydroxylation is 1. The van der Waals surface area contributed by atoms with E-state index in [1.165, 1.54) is 12.1 Å². The summed E-state index contributed by atoms with van der Waals surface area (Å²) in [5, 5.41) is 0. The normalized spacial score (nSPS) is 17.4. The zero-order valence-electron chi connectivity index (χ0n) is 14.0. The SMILES string of the molecule is Cn1c([C@H]2CCN(C(=O)Cc3cccc(F)c3)C2)nc2ccncc21. The Kier molecular flexibility index (Phi) is 3.95. The second-order valence-electron chi connectivity index (χ2n) is 6.53. The van der Waals surface area contributed by atoms with Gasteiger partial charge in [-0.2, -0.15) is 0 Å². The highest BCUT2D eigenvalue weighted by Gasteiger charge is 2.30. The van der Waals surface area contributed by atoms with Gasteiger partial charge in [0.15, 0.2) is 0 Å². The van der Waals surface area contributed by atoms with Gasteiger partial charge < -0.3 is 9.47 Å². The molecule has 1 saturated heterocycles. The van der Waals surface area contributed by atoms with Gasteiger partial charge in [-0.3, -0.25) is 9.78 Å². The minimum absolute atomic E-state index is 0.0357. The van der Waals surface area contributed by atoms with Gasteiger partial charge in [-0.25, -0.2) is 9.37 Å². The van der Waals surface area contributed by atoms with Crippen LogP contribution in [0.25, 0.3) is 11.0 Å². The number of pyridine rings is 1. The van der Waals surface area contributed by atoms with Gasteiger partial charge in [0.2, 0.25) is 5.91 Å². The minimum Gasteiger partial charge on any atom is -0.342 e. The maximum atomic E-state index is 13.3. The van der Waals surface area contributed by atoms with Crippen LogP contribution in [0.4, 0.5) is 4.39 Å². The van der Waals surface area contributed by atoms with Crippen LogP contribution >= 0.6 is 0 Å². The van der Waals surface area contributed by atoms with Crippen LogP contribution in [0.15, 0.2) is 42.7 Å². The van der Waals surface area contributed by atoms with E-state index in [9.17, 15) is 9.18 Å². The lowest BCUT2D eigenvalue weighted by Crippen LogP contribution is -2.30. The van der Waals surface area contributed by atoms with Gasteiger partial charge in [0.05, 0.1) is 23.7 Å². The van der Waals surface area contributed by atoms with Gasteiger partial charge >= 0.3 is 0 Å². The Balaban J connectivity index is 1.49. The second kappa shape index (κ2) is 6.27. The van der Waals surface area contributed by atoms with Crippen molar-refractivity contribution in [2.45, 2.75) is 18.8 Å². The van der Waals surface area contributed by atoms with Gasteiger partial charge in [0.25, 0.3) is 0 Å². The lowest BCUT2D eigenvalue weighted by Gasteiger charge is -2.16. The number of rotatable bonds is 3. The highest BCUT2D eigenvalue weighted by molar-refractivity contribution is 5.79. The quantitative estimate of drug-likeness (QED) is 0.738. The summed E-state index contributed by atoms with van der Waals surface area (Å²) in [7, 11) is 1.99. The van der Waals surface area contributed by atoms with Gasteiger partial charge in [-0.1, -0.05) is 12.1 Å². The van der Waals surface area contributed by atoms with Crippen LogP contribution in [-0.2, 0) is 18.3 Å². The Bertz CT molecular complexity index is 936. The van der Waals surface area contributed by atoms with Gasteiger partial charge in [0.1, 0.15) is 11.6 Å². The lowest BCUT2D eigenvalue weighted by molar-refractivity contribution is -0.129. The molecule has 3 heterocycles. The first-order chi connectivity index (χ1) is 12.1. The average molecular weight is 338 g/mol. The molecule has 0 bridgehead atoms. The number of likely N-dealkylation sites (tertiary alicyclic amines) is 1. The van der Waals surface area contributed by atoms with E-state index in [-0.39, 0.29) is 24.1 Å². The molecular formula is C19H19FN4O. The third-order valence-electron chi connectivity index (χ3n) is 4.87. The fourth-order valence-corrected chi connectivity index (χ4v) is 3.55. The minimum atomic E-state index is -0.307. The number of hydrogen-bond acceptors (Lipinski definition) is 3. The Morgan fingerprint density at radius 2 is 2.24 bits per heavy atom. The van der Waals surface area contributed by atoms with E-state index in [1.807, 2.05) is 24.2 Å². The third-order valence-corrected chi connectivity index (χ3v) is 4.87. The molecule has 0 spiro atoms. The predicted octanol–water partition coefficient (Wildman–Crippen LogP) is 2.67. The number of benzene rings is 1. The molecule has 1 aliphatic heterocycles. The Morgan fingerprint density at radius 3 is 3.04 bits per heavy atom. The fraction of sp³-hybridized carbons (Fsp3) is 0.316. The van der Waals surface area contributed by atoms with Crippen molar-refractivity contribution in [1.82, 2.24) is 19.4 Å². The second-order valence-corrected chi connectivity index (χ2v) is 6.53. The van der Waals surface area contributed by atoms with E-state index in [4.69, 9.17) is 4.98 Å². The van der Waals surface area contributed by atoms with Gasteiger partial charge in [0, 0.05) is 32.3 Å². The number of imidazole rings is 1. The molecule has 1 atom stereocenters. The van der Waals surface area contributed by atoms with Crippen molar-refractivity contribution >= 4 is 16.9 Å². The summed E-state index contributed by atoms with van der Waals surface area (Å²) < 4.78 is 15.3. The van der Waals surface area contributed by atoms with Crippen molar-refractivity contribution in [1.29, 1.82) is 0 Å². The molecule has 2 aromatic heterocycles. The fourth-order valence-electron chi connectivity index (χ4n) is 3.55. The topological polar surface area (TPSA) is 51.0 Å². The molecule has 1 amide bonds. The maximum absolute atomic E-state index is 13.3. The molecule has 0 N–H and O–H groups in total. The van der Waals surface area contributed by atoms with Crippen LogP contribution in [0.5, 0.6) is 0 Å². The Morgan fingerprint density at radius 1 is 1.36 bits per heavy atom. The molecule has 4 rings (SSSR count). The monoisotopic (exact) mass is 338 g/mol. The standard InChI is InChI=1S/C19H19FN4O/c1-23-17-11-21-7-5-16(17)22-19(23)14-6-8-24(12-14)18(25)10-13-3-2-4-15(20)9-13/h2-5,7,9,11,14H,6,8,10,12H2,1H3/t14-/m0/s1. The smallest absolute Gasteiger partial charge is 0.227 e. The molecule has 25 heavy (non-hydrogen) atoms. The number of fused-ring (bicyclic) bond motifs is 1. The molecule has 0 saturated carbocycles. The highest BCUT2D eigenvalue weighted by Crippen LogP contribution is 2.29. The molecule has 1 fully saturated rings. The molecule has 1 aliphatic rings. The van der Waals surface area contributed by atoms with E-state index in [1.54, 1.807) is 18.3 Å². The molecule has 128 valence electrons. The molecule has 0 aliphatic carbocycles. The molecule has 1 aromatic carbocycles. The molecule has 5 nitrogen and oxygen atoms in total. The summed E-state index contributed by atoms with van der Waals surface area (Å²) in [5.41, 5.74) is 2.64. The summed E-state index contributed by atoms with van der Waals surface area (Å²) in [4.78, 5) is 23.3. The van der Waals surface area contributed by atoms with Crippen molar-refractivity contribution in [3.8, 4) is 0 Å². The number of carbonyl (C=O) groups excluding carboxylic acids is 1. The van der Waals surface area contributed by atoms with E-state index < -0.39 is 0 Å². The van der Waals surface area contributed by atoms with Crippen molar-refractivity contribution in [3.05, 3.63) is 59.9 Å². The first-order valence-corrected chi connectivity index (χ1v) is 8.40. The first-order valence-electron chi connectivity index (χ1n) is 8.40. The van der Waals surface area contributed by atoms with Gasteiger partial charge in [-0.15, -0.1) is 0 Å². The zero-order valence-corrected chi connectivity index (χ0v) is 14.0. The zero-order chi connectivity index (χ0) is 17.4. The summed E-state index contributed by atoms with van der Waals surface area (Å²) in [6.07, 6.45) is 4.67. The van der Waals surface area contributed by atoms with Crippen LogP contribution < -0.4 is 0 Å². The van der Waals surface area contributed by atoms with Crippen LogP contribution in [0.2, 0.25) is 0 Å². The van der Waals surface area contributed by atoms with E-state index in [2.05, 4.69) is 9.55 Å². The van der Waals surface area contributed by atoms with Crippen molar-refractivity contribution < 1.29 is 9.18 Å². The molecule has 0 radical (unpaired) electrons. The Hall–Kier alpha value is -2.76. The van der Waals surface area contributed by atoms with E-state index >= 15 is 0 Å². The van der Waals surface area contributed by atoms with Crippen LogP contribution in [0.1, 0.15) is 23.7 Å². The average Bonchev–Trinajstić information content (AvgIpc) is 3.20. The first kappa shape index (κ1) is 15.7. The number of halogens is 1. The molecule has 6 heteroatoms. The van der Waals surface area contributed by atoms with Crippen LogP contribution in [-0.4, -0.2) is 38.4 Å². The van der Waals surface area contributed by atoms with Crippen LogP contribution in [0, 0.1) is 5.82 Å². The summed E-state index contributed by atoms with van der Waals surface area (Å²) in [5.74, 6) is 0.935. The number of amides is 1. The lowest BCUT2D eigenvalue weighted by atomic mass is 10.1. The number of nitrogens with zero attached hydrogens (tertiary/aromatic N) is 4.